The molecule has 7 heteroatoms. The highest BCUT2D eigenvalue weighted by Crippen LogP contribution is 2.27. The van der Waals surface area contributed by atoms with Gasteiger partial charge in [-0.2, -0.15) is 0 Å². The molecule has 1 N–H and O–H groups in total. The summed E-state index contributed by atoms with van der Waals surface area (Å²) in [6, 6.07) is 4.44. The largest absolute Gasteiger partial charge is 0.465 e. The van der Waals surface area contributed by atoms with Crippen molar-refractivity contribution in [2.24, 2.45) is 4.99 Å². The number of hydrogen-bond acceptors (Lipinski definition) is 3. The van der Waals surface area contributed by atoms with E-state index in [2.05, 4.69) is 10.9 Å². The summed E-state index contributed by atoms with van der Waals surface area (Å²) in [6.45, 7) is 0.134. The molecule has 104 valence electrons. The molecule has 20 heavy (non-hydrogen) atoms. The van der Waals surface area contributed by atoms with Crippen LogP contribution < -0.4 is 4.90 Å². The third-order valence-corrected chi connectivity index (χ3v) is 4.07. The van der Waals surface area contributed by atoms with Crippen molar-refractivity contribution in [3.8, 4) is 12.3 Å². The molecule has 1 aliphatic heterocycles. The number of thioether (sulfide) groups is 1. The van der Waals surface area contributed by atoms with Crippen LogP contribution in [0.15, 0.2) is 23.2 Å². The molecular formula is C13H10Cl2N2O2S. The van der Waals surface area contributed by atoms with Crippen molar-refractivity contribution in [1.29, 1.82) is 0 Å². The number of benzene rings is 1. The van der Waals surface area contributed by atoms with Crippen molar-refractivity contribution in [2.45, 2.75) is 6.04 Å². The van der Waals surface area contributed by atoms with Crippen LogP contribution in [0.4, 0.5) is 10.5 Å². The first kappa shape index (κ1) is 15.0. The van der Waals surface area contributed by atoms with Crippen molar-refractivity contribution in [2.75, 3.05) is 17.2 Å². The van der Waals surface area contributed by atoms with Crippen LogP contribution in [0.3, 0.4) is 0 Å². The Morgan fingerprint density at radius 2 is 2.15 bits per heavy atom. The lowest BCUT2D eigenvalue weighted by Gasteiger charge is -2.19. The van der Waals surface area contributed by atoms with Gasteiger partial charge < -0.3 is 5.11 Å². The molecule has 1 aromatic rings. The molecule has 0 saturated heterocycles. The van der Waals surface area contributed by atoms with Gasteiger partial charge >= 0.3 is 6.09 Å². The number of amides is 1. The molecule has 1 amide bonds. The third-order valence-electron chi connectivity index (χ3n) is 2.58. The van der Waals surface area contributed by atoms with E-state index in [1.54, 1.807) is 18.2 Å². The number of carbonyl (C=O) groups is 1. The maximum atomic E-state index is 11.4. The number of nitrogens with zero attached hydrogens (tertiary/aromatic N) is 2. The number of carboxylic acid groups (broad SMARTS) is 1. The molecule has 0 fully saturated rings. The molecule has 0 aliphatic carbocycles. The first-order chi connectivity index (χ1) is 9.49. The highest BCUT2D eigenvalue weighted by atomic mass is 35.5. The van der Waals surface area contributed by atoms with E-state index in [9.17, 15) is 9.90 Å². The molecule has 1 unspecified atom stereocenters. The first-order valence-electron chi connectivity index (χ1n) is 5.61. The molecule has 1 aliphatic rings. The lowest BCUT2D eigenvalue weighted by atomic mass is 10.3. The fourth-order valence-electron chi connectivity index (χ4n) is 1.70. The first-order valence-corrected chi connectivity index (χ1v) is 7.36. The Hall–Kier alpha value is -1.35. The second kappa shape index (κ2) is 6.40. The summed E-state index contributed by atoms with van der Waals surface area (Å²) in [4.78, 5) is 16.8. The molecule has 4 nitrogen and oxygen atoms in total. The number of hydrogen-bond donors (Lipinski definition) is 1. The zero-order valence-electron chi connectivity index (χ0n) is 10.2. The highest BCUT2D eigenvalue weighted by Gasteiger charge is 2.22. The standard InChI is InChI=1S/C13H10Cl2N2O2S/c1-2-10-7-20-12(16-10)6-17(13(18)19)11-4-8(14)3-9(15)5-11/h1,3-5,10H,6-7H2,(H,18,19). The van der Waals surface area contributed by atoms with Crippen LogP contribution in [-0.4, -0.2) is 34.6 Å². The highest BCUT2D eigenvalue weighted by molar-refractivity contribution is 8.14. The minimum Gasteiger partial charge on any atom is -0.465 e. The van der Waals surface area contributed by atoms with Crippen molar-refractivity contribution >= 4 is 51.8 Å². The van der Waals surface area contributed by atoms with Gasteiger partial charge in [0.1, 0.15) is 6.04 Å². The van der Waals surface area contributed by atoms with Gasteiger partial charge in [-0.3, -0.25) is 9.89 Å². The Morgan fingerprint density at radius 1 is 1.50 bits per heavy atom. The van der Waals surface area contributed by atoms with Gasteiger partial charge in [0.15, 0.2) is 0 Å². The van der Waals surface area contributed by atoms with E-state index >= 15 is 0 Å². The molecule has 0 spiro atoms. The van der Waals surface area contributed by atoms with Crippen LogP contribution in [0.2, 0.25) is 10.0 Å². The smallest absolute Gasteiger partial charge is 0.412 e. The Labute approximate surface area is 130 Å². The van der Waals surface area contributed by atoms with Crippen molar-refractivity contribution < 1.29 is 9.90 Å². The summed E-state index contributed by atoms with van der Waals surface area (Å²) < 4.78 is 0. The Kier molecular flexibility index (Phi) is 4.81. The van der Waals surface area contributed by atoms with E-state index in [0.29, 0.717) is 26.5 Å². The van der Waals surface area contributed by atoms with Crippen molar-refractivity contribution in [3.63, 3.8) is 0 Å². The number of rotatable bonds is 3. The third kappa shape index (κ3) is 3.60. The average Bonchev–Trinajstić information content (AvgIpc) is 2.82. The van der Waals surface area contributed by atoms with E-state index in [-0.39, 0.29) is 12.6 Å². The van der Waals surface area contributed by atoms with Gasteiger partial charge in [0.05, 0.1) is 17.3 Å². The molecule has 0 aromatic heterocycles. The van der Waals surface area contributed by atoms with Crippen LogP contribution >= 0.6 is 35.0 Å². The molecule has 1 atom stereocenters. The Morgan fingerprint density at radius 3 is 2.65 bits per heavy atom. The second-order valence-corrected chi connectivity index (χ2v) is 5.98. The maximum Gasteiger partial charge on any atom is 0.412 e. The van der Waals surface area contributed by atoms with Crippen LogP contribution in [0.25, 0.3) is 0 Å². The summed E-state index contributed by atoms with van der Waals surface area (Å²) in [5, 5.41) is 10.8. The Bertz CT molecular complexity index is 593. The van der Waals surface area contributed by atoms with Gasteiger partial charge in [0.2, 0.25) is 0 Å². The lowest BCUT2D eigenvalue weighted by molar-refractivity contribution is 0.203. The van der Waals surface area contributed by atoms with Gasteiger partial charge in [-0.25, -0.2) is 4.79 Å². The van der Waals surface area contributed by atoms with Gasteiger partial charge in [0, 0.05) is 15.8 Å². The summed E-state index contributed by atoms with van der Waals surface area (Å²) in [7, 11) is 0. The fourth-order valence-corrected chi connectivity index (χ4v) is 3.15. The fraction of sp³-hybridized carbons (Fsp3) is 0.231. The van der Waals surface area contributed by atoms with E-state index in [4.69, 9.17) is 29.6 Å². The average molecular weight is 329 g/mol. The topological polar surface area (TPSA) is 52.9 Å². The predicted octanol–water partition coefficient (Wildman–Crippen LogP) is 3.62. The van der Waals surface area contributed by atoms with Gasteiger partial charge in [-0.1, -0.05) is 29.1 Å². The number of aliphatic imine (C=N–C) groups is 1. The summed E-state index contributed by atoms with van der Waals surface area (Å²) >= 11 is 13.3. The molecule has 0 saturated carbocycles. The normalized spacial score (nSPS) is 17.4. The van der Waals surface area contributed by atoms with E-state index < -0.39 is 6.09 Å². The Balaban J connectivity index is 2.24. The summed E-state index contributed by atoms with van der Waals surface area (Å²) in [6.07, 6.45) is 4.20. The zero-order chi connectivity index (χ0) is 14.7. The van der Waals surface area contributed by atoms with Crippen molar-refractivity contribution in [1.82, 2.24) is 0 Å². The molecule has 0 radical (unpaired) electrons. The second-order valence-electron chi connectivity index (χ2n) is 4.01. The minimum atomic E-state index is -1.10. The van der Waals surface area contributed by atoms with Crippen LogP contribution in [0.1, 0.15) is 0 Å². The minimum absolute atomic E-state index is 0.134. The molecule has 1 heterocycles. The van der Waals surface area contributed by atoms with E-state index in [1.807, 2.05) is 0 Å². The van der Waals surface area contributed by atoms with E-state index in [1.165, 1.54) is 11.8 Å². The molecular weight excluding hydrogens is 319 g/mol. The quantitative estimate of drug-likeness (QED) is 0.862. The van der Waals surface area contributed by atoms with Gasteiger partial charge in [-0.15, -0.1) is 18.2 Å². The molecule has 1 aromatic carbocycles. The molecule has 0 bridgehead atoms. The van der Waals surface area contributed by atoms with Gasteiger partial charge in [-0.05, 0) is 18.2 Å². The lowest BCUT2D eigenvalue weighted by Crippen LogP contribution is -2.33. The van der Waals surface area contributed by atoms with Crippen LogP contribution in [0, 0.1) is 12.3 Å². The monoisotopic (exact) mass is 328 g/mol. The van der Waals surface area contributed by atoms with E-state index in [0.717, 1.165) is 4.90 Å². The van der Waals surface area contributed by atoms with Crippen molar-refractivity contribution in [3.05, 3.63) is 28.2 Å². The maximum absolute atomic E-state index is 11.4. The zero-order valence-corrected chi connectivity index (χ0v) is 12.5. The molecule has 2 rings (SSSR count). The van der Waals surface area contributed by atoms with Crippen LogP contribution in [-0.2, 0) is 0 Å². The summed E-state index contributed by atoms with van der Waals surface area (Å²) in [5.74, 6) is 3.21. The van der Waals surface area contributed by atoms with Gasteiger partial charge in [0.25, 0.3) is 0 Å². The SMILES string of the molecule is C#CC1CSC(CN(C(=O)O)c2cc(Cl)cc(Cl)c2)=N1. The van der Waals surface area contributed by atoms with Crippen LogP contribution in [0.5, 0.6) is 0 Å². The number of anilines is 1. The predicted molar refractivity (Wildman–Crippen MR) is 84.3 cm³/mol. The number of halogens is 2. The summed E-state index contributed by atoms with van der Waals surface area (Å²) in [5.41, 5.74) is 0.405. The number of terminal acetylenes is 1.